The standard InChI is InChI=1S/C14H23NO2.C11H15NO2/c1-14(2,3)17-13(16)15(4)11-10-12-8-6-5-7-9-12;1-11(2)10(13)5-7-3-4-8(12)6-9(7)14-11/h6,8-9H,5,7,10-11H2,1-4H3;3-4,6,10,13H,5,12H2,1-2H3. The fourth-order valence-corrected chi connectivity index (χ4v) is 3.22. The lowest BCUT2D eigenvalue weighted by molar-refractivity contribution is -0.0410. The molecule has 1 aromatic carbocycles. The van der Waals surface area contributed by atoms with Gasteiger partial charge in [-0.3, -0.25) is 0 Å². The highest BCUT2D eigenvalue weighted by Crippen LogP contribution is 2.34. The molecule has 172 valence electrons. The number of nitrogens with two attached hydrogens (primary N) is 1. The van der Waals surface area contributed by atoms with Gasteiger partial charge in [-0.25, -0.2) is 4.79 Å². The van der Waals surface area contributed by atoms with Crippen LogP contribution in [0.5, 0.6) is 5.75 Å². The fraction of sp³-hybridized carbons (Fsp3) is 0.560. The highest BCUT2D eigenvalue weighted by Gasteiger charge is 2.35. The van der Waals surface area contributed by atoms with Crippen LogP contribution in [-0.4, -0.2) is 47.0 Å². The zero-order valence-corrected chi connectivity index (χ0v) is 19.8. The average molecular weight is 431 g/mol. The molecule has 6 nitrogen and oxygen atoms in total. The number of hydrogen-bond donors (Lipinski definition) is 2. The molecule has 0 bridgehead atoms. The highest BCUT2D eigenvalue weighted by atomic mass is 16.6. The second-order valence-corrected chi connectivity index (χ2v) is 9.70. The van der Waals surface area contributed by atoms with E-state index in [9.17, 15) is 9.90 Å². The van der Waals surface area contributed by atoms with Crippen LogP contribution in [0.4, 0.5) is 10.5 Å². The van der Waals surface area contributed by atoms with E-state index in [-0.39, 0.29) is 6.09 Å². The molecule has 0 radical (unpaired) electrons. The van der Waals surface area contributed by atoms with Gasteiger partial charge in [0, 0.05) is 31.8 Å². The van der Waals surface area contributed by atoms with Crippen LogP contribution >= 0.6 is 0 Å². The first kappa shape index (κ1) is 24.8. The first-order valence-electron chi connectivity index (χ1n) is 10.9. The number of aliphatic hydroxyl groups is 1. The number of rotatable bonds is 3. The lowest BCUT2D eigenvalue weighted by Crippen LogP contribution is -2.46. The molecule has 6 heteroatoms. The van der Waals surface area contributed by atoms with Crippen LogP contribution in [0.15, 0.2) is 42.0 Å². The Morgan fingerprint density at radius 2 is 2.03 bits per heavy atom. The van der Waals surface area contributed by atoms with Gasteiger partial charge in [0.1, 0.15) is 17.0 Å². The number of nitrogens with zero attached hydrogens (tertiary/aromatic N) is 1. The first-order valence-corrected chi connectivity index (χ1v) is 10.9. The molecule has 0 spiro atoms. The maximum absolute atomic E-state index is 11.7. The molecule has 0 saturated heterocycles. The smallest absolute Gasteiger partial charge is 0.410 e. The summed E-state index contributed by atoms with van der Waals surface area (Å²) in [6.07, 6.45) is 9.62. The van der Waals surface area contributed by atoms with Crippen molar-refractivity contribution < 1.29 is 19.4 Å². The zero-order chi connectivity index (χ0) is 23.2. The van der Waals surface area contributed by atoms with E-state index in [4.69, 9.17) is 15.2 Å². The van der Waals surface area contributed by atoms with Crippen LogP contribution in [0.2, 0.25) is 0 Å². The summed E-state index contributed by atoms with van der Waals surface area (Å²) >= 11 is 0. The number of fused-ring (bicyclic) bond motifs is 1. The Morgan fingerprint density at radius 1 is 1.32 bits per heavy atom. The molecule has 3 rings (SSSR count). The van der Waals surface area contributed by atoms with Crippen LogP contribution in [0.1, 0.15) is 59.4 Å². The number of carbonyl (C=O) groups is 1. The number of nitrogen functional groups attached to an aromatic ring is 1. The van der Waals surface area contributed by atoms with E-state index in [1.807, 2.05) is 52.8 Å². The summed E-state index contributed by atoms with van der Waals surface area (Å²) in [4.78, 5) is 13.3. The lowest BCUT2D eigenvalue weighted by atomic mass is 9.91. The first-order chi connectivity index (χ1) is 14.4. The van der Waals surface area contributed by atoms with Gasteiger partial charge in [0.15, 0.2) is 0 Å². The molecule has 1 aliphatic heterocycles. The second kappa shape index (κ2) is 10.2. The molecule has 1 amide bonds. The van der Waals surface area contributed by atoms with E-state index in [1.54, 1.807) is 11.9 Å². The molecular formula is C25H38N2O4. The van der Waals surface area contributed by atoms with Gasteiger partial charge in [-0.1, -0.05) is 29.9 Å². The van der Waals surface area contributed by atoms with Crippen molar-refractivity contribution in [2.24, 2.45) is 0 Å². The topological polar surface area (TPSA) is 85.0 Å². The number of aliphatic hydroxyl groups excluding tert-OH is 1. The molecule has 2 aliphatic rings. The SMILES string of the molecule is CC1(C)Oc2cc(N)ccc2CC1O.CN(CCC1=CCCC=C1)C(=O)OC(C)(C)C. The van der Waals surface area contributed by atoms with Gasteiger partial charge in [-0.2, -0.15) is 0 Å². The minimum atomic E-state index is -0.527. The number of amides is 1. The normalized spacial score (nSPS) is 19.2. The van der Waals surface area contributed by atoms with E-state index in [2.05, 4.69) is 18.2 Å². The summed E-state index contributed by atoms with van der Waals surface area (Å²) in [5.74, 6) is 0.792. The number of ether oxygens (including phenoxy) is 2. The second-order valence-electron chi connectivity index (χ2n) is 9.70. The van der Waals surface area contributed by atoms with Gasteiger partial charge in [0.2, 0.25) is 0 Å². The van der Waals surface area contributed by atoms with Crippen molar-refractivity contribution in [2.75, 3.05) is 19.3 Å². The molecule has 1 aliphatic carbocycles. The van der Waals surface area contributed by atoms with Crippen molar-refractivity contribution in [3.05, 3.63) is 47.6 Å². The summed E-state index contributed by atoms with van der Waals surface area (Å²) in [5, 5.41) is 9.80. The van der Waals surface area contributed by atoms with Gasteiger partial charge in [-0.15, -0.1) is 0 Å². The summed E-state index contributed by atoms with van der Waals surface area (Å²) in [6.45, 7) is 10.1. The van der Waals surface area contributed by atoms with Crippen LogP contribution in [0.3, 0.4) is 0 Å². The third-order valence-corrected chi connectivity index (χ3v) is 5.19. The number of benzene rings is 1. The monoisotopic (exact) mass is 430 g/mol. The Morgan fingerprint density at radius 3 is 2.65 bits per heavy atom. The summed E-state index contributed by atoms with van der Waals surface area (Å²) in [6, 6.07) is 5.54. The molecule has 1 heterocycles. The van der Waals surface area contributed by atoms with Crippen molar-refractivity contribution in [1.29, 1.82) is 0 Å². The molecule has 0 aromatic heterocycles. The van der Waals surface area contributed by atoms with Gasteiger partial charge in [0.25, 0.3) is 0 Å². The Labute approximate surface area is 186 Å². The quantitative estimate of drug-likeness (QED) is 0.669. The third-order valence-electron chi connectivity index (χ3n) is 5.19. The van der Waals surface area contributed by atoms with E-state index in [0.29, 0.717) is 18.7 Å². The van der Waals surface area contributed by atoms with Crippen molar-refractivity contribution in [2.45, 2.75) is 77.6 Å². The molecule has 31 heavy (non-hydrogen) atoms. The average Bonchev–Trinajstić information content (AvgIpc) is 2.67. The molecule has 0 fully saturated rings. The number of allylic oxidation sites excluding steroid dienone is 3. The predicted octanol–water partition coefficient (Wildman–Crippen LogP) is 4.86. The lowest BCUT2D eigenvalue weighted by Gasteiger charge is -2.37. The molecule has 1 unspecified atom stereocenters. The minimum Gasteiger partial charge on any atom is -0.485 e. The Bertz CT molecular complexity index is 821. The number of hydrogen-bond acceptors (Lipinski definition) is 5. The molecule has 1 aromatic rings. The van der Waals surface area contributed by atoms with Crippen molar-refractivity contribution >= 4 is 11.8 Å². The van der Waals surface area contributed by atoms with Crippen molar-refractivity contribution in [3.63, 3.8) is 0 Å². The maximum Gasteiger partial charge on any atom is 0.410 e. The van der Waals surface area contributed by atoms with Crippen molar-refractivity contribution in [3.8, 4) is 5.75 Å². The Kier molecular flexibility index (Phi) is 8.18. The largest absolute Gasteiger partial charge is 0.485 e. The maximum atomic E-state index is 11.7. The van der Waals surface area contributed by atoms with Crippen LogP contribution in [-0.2, 0) is 11.2 Å². The number of anilines is 1. The van der Waals surface area contributed by atoms with Gasteiger partial charge in [0.05, 0.1) is 6.10 Å². The zero-order valence-electron chi connectivity index (χ0n) is 19.8. The predicted molar refractivity (Wildman–Crippen MR) is 125 cm³/mol. The number of carbonyl (C=O) groups excluding carboxylic acids is 1. The molecular weight excluding hydrogens is 392 g/mol. The summed E-state index contributed by atoms with van der Waals surface area (Å²) < 4.78 is 11.0. The third kappa shape index (κ3) is 7.94. The van der Waals surface area contributed by atoms with Gasteiger partial charge in [-0.05, 0) is 65.5 Å². The molecule has 0 saturated carbocycles. The van der Waals surface area contributed by atoms with E-state index in [0.717, 1.165) is 30.6 Å². The van der Waals surface area contributed by atoms with Gasteiger partial charge < -0.3 is 25.2 Å². The Balaban J connectivity index is 0.000000224. The van der Waals surface area contributed by atoms with Gasteiger partial charge >= 0.3 is 6.09 Å². The highest BCUT2D eigenvalue weighted by molar-refractivity contribution is 5.67. The fourth-order valence-electron chi connectivity index (χ4n) is 3.22. The van der Waals surface area contributed by atoms with Crippen LogP contribution in [0.25, 0.3) is 0 Å². The summed E-state index contributed by atoms with van der Waals surface area (Å²) in [7, 11) is 1.78. The van der Waals surface area contributed by atoms with E-state index in [1.165, 1.54) is 5.57 Å². The molecule has 1 atom stereocenters. The van der Waals surface area contributed by atoms with Crippen LogP contribution < -0.4 is 10.5 Å². The minimum absolute atomic E-state index is 0.252. The van der Waals surface area contributed by atoms with Crippen LogP contribution in [0, 0.1) is 0 Å². The molecule has 3 N–H and O–H groups in total. The van der Waals surface area contributed by atoms with E-state index >= 15 is 0 Å². The van der Waals surface area contributed by atoms with E-state index < -0.39 is 17.3 Å². The van der Waals surface area contributed by atoms with Crippen molar-refractivity contribution in [1.82, 2.24) is 4.90 Å². The summed E-state index contributed by atoms with van der Waals surface area (Å²) in [5.41, 5.74) is 7.74. The Hall–Kier alpha value is -2.47.